The number of oxazole rings is 1. The standard InChI is InChI=1S/C13H21N3O2/c1-9-3-5-13(8-14,6-4-9)11(17)16-12-15-10(2)7-18-12/h7,9H,3-6,8,14H2,1-2H3,(H,15,16,17). The fourth-order valence-corrected chi connectivity index (χ4v) is 2.48. The minimum Gasteiger partial charge on any atom is -0.432 e. The molecule has 0 radical (unpaired) electrons. The van der Waals surface area contributed by atoms with E-state index in [4.69, 9.17) is 10.2 Å². The molecule has 0 saturated heterocycles. The van der Waals surface area contributed by atoms with Gasteiger partial charge in [0.25, 0.3) is 0 Å². The number of aryl methyl sites for hydroxylation is 1. The van der Waals surface area contributed by atoms with Crippen LogP contribution < -0.4 is 11.1 Å². The summed E-state index contributed by atoms with van der Waals surface area (Å²) in [5.74, 6) is 0.625. The summed E-state index contributed by atoms with van der Waals surface area (Å²) in [6.07, 6.45) is 5.31. The highest BCUT2D eigenvalue weighted by atomic mass is 16.4. The van der Waals surface area contributed by atoms with Crippen LogP contribution in [-0.4, -0.2) is 17.4 Å². The maximum Gasteiger partial charge on any atom is 0.301 e. The molecule has 5 heteroatoms. The number of nitrogens with one attached hydrogen (secondary N) is 1. The molecule has 3 N–H and O–H groups in total. The molecule has 0 atom stereocenters. The zero-order chi connectivity index (χ0) is 13.2. The average Bonchev–Trinajstić information content (AvgIpc) is 2.76. The molecule has 1 aromatic rings. The number of hydrogen-bond donors (Lipinski definition) is 2. The van der Waals surface area contributed by atoms with E-state index in [0.29, 0.717) is 12.5 Å². The van der Waals surface area contributed by atoms with E-state index < -0.39 is 5.41 Å². The van der Waals surface area contributed by atoms with Crippen LogP contribution in [0.4, 0.5) is 6.01 Å². The zero-order valence-corrected chi connectivity index (χ0v) is 11.0. The smallest absolute Gasteiger partial charge is 0.301 e. The first-order chi connectivity index (χ1) is 8.55. The SMILES string of the molecule is Cc1coc(NC(=O)C2(CN)CCC(C)CC2)n1. The zero-order valence-electron chi connectivity index (χ0n) is 11.0. The number of aromatic nitrogens is 1. The molecule has 5 nitrogen and oxygen atoms in total. The van der Waals surface area contributed by atoms with Gasteiger partial charge in [-0.05, 0) is 38.5 Å². The van der Waals surface area contributed by atoms with Gasteiger partial charge < -0.3 is 10.2 Å². The first-order valence-corrected chi connectivity index (χ1v) is 6.49. The second kappa shape index (κ2) is 5.10. The molecule has 0 spiro atoms. The third-order valence-corrected chi connectivity index (χ3v) is 3.94. The number of rotatable bonds is 3. The topological polar surface area (TPSA) is 81.2 Å². The number of nitrogens with zero attached hydrogens (tertiary/aromatic N) is 1. The molecule has 100 valence electrons. The first kappa shape index (κ1) is 13.1. The van der Waals surface area contributed by atoms with Crippen LogP contribution in [0.25, 0.3) is 0 Å². The van der Waals surface area contributed by atoms with Crippen molar-refractivity contribution in [2.45, 2.75) is 39.5 Å². The molecule has 1 aromatic heterocycles. The van der Waals surface area contributed by atoms with E-state index in [0.717, 1.165) is 31.4 Å². The minimum atomic E-state index is -0.450. The quantitative estimate of drug-likeness (QED) is 0.861. The summed E-state index contributed by atoms with van der Waals surface area (Å²) in [5.41, 5.74) is 6.14. The van der Waals surface area contributed by atoms with E-state index in [1.54, 1.807) is 0 Å². The molecule has 1 amide bonds. The van der Waals surface area contributed by atoms with Crippen molar-refractivity contribution in [1.82, 2.24) is 4.98 Å². The molecule has 2 rings (SSSR count). The molecule has 0 bridgehead atoms. The van der Waals surface area contributed by atoms with Gasteiger partial charge in [-0.2, -0.15) is 4.98 Å². The van der Waals surface area contributed by atoms with Crippen molar-refractivity contribution in [2.24, 2.45) is 17.1 Å². The third kappa shape index (κ3) is 2.56. The summed E-state index contributed by atoms with van der Waals surface area (Å²) < 4.78 is 5.15. The highest BCUT2D eigenvalue weighted by molar-refractivity contribution is 5.93. The van der Waals surface area contributed by atoms with Crippen molar-refractivity contribution in [1.29, 1.82) is 0 Å². The molecule has 1 heterocycles. The lowest BCUT2D eigenvalue weighted by atomic mass is 9.70. The molecule has 0 aromatic carbocycles. The summed E-state index contributed by atoms with van der Waals surface area (Å²) in [7, 11) is 0. The molecule has 1 saturated carbocycles. The Bertz CT molecular complexity index is 420. The number of carbonyl (C=O) groups is 1. The van der Waals surface area contributed by atoms with Crippen molar-refractivity contribution in [3.8, 4) is 0 Å². The number of anilines is 1. The van der Waals surface area contributed by atoms with Gasteiger partial charge in [0.2, 0.25) is 5.91 Å². The second-order valence-electron chi connectivity index (χ2n) is 5.42. The Morgan fingerprint density at radius 1 is 1.61 bits per heavy atom. The third-order valence-electron chi connectivity index (χ3n) is 3.94. The summed E-state index contributed by atoms with van der Waals surface area (Å²) in [5, 5.41) is 2.74. The van der Waals surface area contributed by atoms with Crippen LogP contribution in [0.15, 0.2) is 10.7 Å². The Hall–Kier alpha value is -1.36. The molecular weight excluding hydrogens is 230 g/mol. The normalized spacial score (nSPS) is 28.1. The number of nitrogens with two attached hydrogens (primary N) is 1. The lowest BCUT2D eigenvalue weighted by molar-refractivity contribution is -0.127. The monoisotopic (exact) mass is 251 g/mol. The van der Waals surface area contributed by atoms with Gasteiger partial charge in [-0.1, -0.05) is 6.92 Å². The average molecular weight is 251 g/mol. The predicted octanol–water partition coefficient (Wildman–Crippen LogP) is 2.08. The predicted molar refractivity (Wildman–Crippen MR) is 69.0 cm³/mol. The Balaban J connectivity index is 2.06. The fraction of sp³-hybridized carbons (Fsp3) is 0.692. The number of amides is 1. The Labute approximate surface area is 107 Å². The minimum absolute atomic E-state index is 0.0567. The van der Waals surface area contributed by atoms with Crippen molar-refractivity contribution in [3.05, 3.63) is 12.0 Å². The van der Waals surface area contributed by atoms with Gasteiger partial charge in [-0.25, -0.2) is 0 Å². The Kier molecular flexibility index (Phi) is 3.71. The van der Waals surface area contributed by atoms with Crippen LogP contribution in [0.5, 0.6) is 0 Å². The second-order valence-corrected chi connectivity index (χ2v) is 5.42. The van der Waals surface area contributed by atoms with Crippen LogP contribution in [0.2, 0.25) is 0 Å². The first-order valence-electron chi connectivity index (χ1n) is 6.49. The summed E-state index contributed by atoms with van der Waals surface area (Å²) in [6, 6.07) is 0.268. The molecule has 0 aliphatic heterocycles. The highest BCUT2D eigenvalue weighted by Crippen LogP contribution is 2.38. The number of carbonyl (C=O) groups excluding carboxylic acids is 1. The van der Waals surface area contributed by atoms with E-state index >= 15 is 0 Å². The van der Waals surface area contributed by atoms with Crippen molar-refractivity contribution in [2.75, 3.05) is 11.9 Å². The van der Waals surface area contributed by atoms with Crippen molar-refractivity contribution in [3.63, 3.8) is 0 Å². The maximum absolute atomic E-state index is 12.3. The molecule has 1 aliphatic carbocycles. The molecule has 0 unspecified atom stereocenters. The van der Waals surface area contributed by atoms with Crippen molar-refractivity contribution >= 4 is 11.9 Å². The summed E-state index contributed by atoms with van der Waals surface area (Å²) in [6.45, 7) is 4.42. The van der Waals surface area contributed by atoms with Crippen LogP contribution in [0.1, 0.15) is 38.3 Å². The van der Waals surface area contributed by atoms with E-state index in [2.05, 4.69) is 17.2 Å². The van der Waals surface area contributed by atoms with E-state index in [9.17, 15) is 4.79 Å². The van der Waals surface area contributed by atoms with Crippen LogP contribution in [0.3, 0.4) is 0 Å². The number of hydrogen-bond acceptors (Lipinski definition) is 4. The largest absolute Gasteiger partial charge is 0.432 e. The van der Waals surface area contributed by atoms with Gasteiger partial charge in [-0.3, -0.25) is 10.1 Å². The lowest BCUT2D eigenvalue weighted by Gasteiger charge is -2.36. The van der Waals surface area contributed by atoms with E-state index in [1.807, 2.05) is 6.92 Å². The fourth-order valence-electron chi connectivity index (χ4n) is 2.48. The Morgan fingerprint density at radius 2 is 2.28 bits per heavy atom. The van der Waals surface area contributed by atoms with E-state index in [-0.39, 0.29) is 11.9 Å². The van der Waals surface area contributed by atoms with Gasteiger partial charge in [0.1, 0.15) is 6.26 Å². The highest BCUT2D eigenvalue weighted by Gasteiger charge is 2.40. The molecule has 1 aliphatic rings. The van der Waals surface area contributed by atoms with Crippen LogP contribution in [0, 0.1) is 18.3 Å². The lowest BCUT2D eigenvalue weighted by Crippen LogP contribution is -2.44. The molecule has 1 fully saturated rings. The van der Waals surface area contributed by atoms with Gasteiger partial charge in [0.05, 0.1) is 11.1 Å². The summed E-state index contributed by atoms with van der Waals surface area (Å²) in [4.78, 5) is 16.4. The van der Waals surface area contributed by atoms with Crippen LogP contribution in [-0.2, 0) is 4.79 Å². The Morgan fingerprint density at radius 3 is 2.78 bits per heavy atom. The molecular formula is C13H21N3O2. The van der Waals surface area contributed by atoms with Gasteiger partial charge in [0, 0.05) is 6.54 Å². The maximum atomic E-state index is 12.3. The van der Waals surface area contributed by atoms with Gasteiger partial charge in [0.15, 0.2) is 0 Å². The van der Waals surface area contributed by atoms with Gasteiger partial charge in [-0.15, -0.1) is 0 Å². The summed E-state index contributed by atoms with van der Waals surface area (Å²) >= 11 is 0. The van der Waals surface area contributed by atoms with Crippen molar-refractivity contribution < 1.29 is 9.21 Å². The van der Waals surface area contributed by atoms with E-state index in [1.165, 1.54) is 6.26 Å². The van der Waals surface area contributed by atoms with Gasteiger partial charge >= 0.3 is 6.01 Å². The van der Waals surface area contributed by atoms with Crippen LogP contribution >= 0.6 is 0 Å². The molecule has 18 heavy (non-hydrogen) atoms.